The van der Waals surface area contributed by atoms with E-state index in [1.807, 2.05) is 36.4 Å². The van der Waals surface area contributed by atoms with Gasteiger partial charge in [-0.05, 0) is 48.9 Å². The zero-order valence-corrected chi connectivity index (χ0v) is 33.1. The van der Waals surface area contributed by atoms with Gasteiger partial charge in [0, 0.05) is 16.8 Å². The van der Waals surface area contributed by atoms with E-state index < -0.39 is 0 Å². The van der Waals surface area contributed by atoms with Gasteiger partial charge in [0.2, 0.25) is 0 Å². The molecule has 0 aliphatic carbocycles. The van der Waals surface area contributed by atoms with Gasteiger partial charge < -0.3 is 21.2 Å². The van der Waals surface area contributed by atoms with Crippen molar-refractivity contribution in [3.8, 4) is 11.5 Å². The Morgan fingerprint density at radius 1 is 0.327 bits per heavy atom. The van der Waals surface area contributed by atoms with Crippen LogP contribution in [0.1, 0.15) is 205 Å². The number of phenols is 2. The molecule has 2 aromatic rings. The quantitative estimate of drug-likeness (QED) is 0.0781. The fourth-order valence-electron chi connectivity index (χ4n) is 6.46. The van der Waals surface area contributed by atoms with Gasteiger partial charge in [-0.1, -0.05) is 217 Å². The first-order valence-electron chi connectivity index (χ1n) is 20.2. The van der Waals surface area contributed by atoms with E-state index in [1.54, 1.807) is 12.1 Å². The molecule has 4 nitrogen and oxygen atoms in total. The van der Waals surface area contributed by atoms with E-state index in [9.17, 15) is 10.2 Å². The summed E-state index contributed by atoms with van der Waals surface area (Å²) < 4.78 is 0. The molecule has 0 fully saturated rings. The maximum atomic E-state index is 9.71. The van der Waals surface area contributed by atoms with Crippen LogP contribution in [0.2, 0.25) is 0 Å². The molecule has 0 atom stereocenters. The van der Waals surface area contributed by atoms with Crippen LogP contribution in [-0.2, 0) is 29.6 Å². The molecule has 6 N–H and O–H groups in total. The molecule has 0 saturated carbocycles. The third-order valence-electron chi connectivity index (χ3n) is 9.58. The molecule has 0 saturated heterocycles. The number of hydrogen-bond donors (Lipinski definition) is 2. The van der Waals surface area contributed by atoms with Crippen LogP contribution in [0.25, 0.3) is 0 Å². The Morgan fingerprint density at radius 2 is 0.531 bits per heavy atom. The van der Waals surface area contributed by atoms with Gasteiger partial charge in [0.25, 0.3) is 0 Å². The Balaban J connectivity index is -0.000000814. The summed E-state index contributed by atoms with van der Waals surface area (Å²) >= 11 is 0. The SMILES string of the molecule is CCCCCCCCCCCCCCCCc1ccccc1O.CCCCCCCCCCCCCCCCc1ccccc1O.O.O.[Co]. The van der Waals surface area contributed by atoms with Crippen LogP contribution in [0.15, 0.2) is 48.5 Å². The Bertz CT molecular complexity index is 833. The first kappa shape index (κ1) is 51.8. The summed E-state index contributed by atoms with van der Waals surface area (Å²) in [5, 5.41) is 19.4. The summed E-state index contributed by atoms with van der Waals surface area (Å²) in [6.07, 6.45) is 41.1. The molecule has 289 valence electrons. The number of hydrogen-bond acceptors (Lipinski definition) is 2. The van der Waals surface area contributed by atoms with Gasteiger partial charge in [0.05, 0.1) is 0 Å². The number of benzene rings is 2. The third kappa shape index (κ3) is 33.4. The molecule has 2 aromatic carbocycles. The van der Waals surface area contributed by atoms with E-state index in [0.29, 0.717) is 11.5 Å². The summed E-state index contributed by atoms with van der Waals surface area (Å²) in [4.78, 5) is 0. The van der Waals surface area contributed by atoms with Crippen molar-refractivity contribution in [1.29, 1.82) is 0 Å². The largest absolute Gasteiger partial charge is 0.508 e. The molecular weight excluding hydrogens is 651 g/mol. The Kier molecular flexibility index (Phi) is 43.3. The molecule has 0 aliphatic rings. The van der Waals surface area contributed by atoms with Crippen molar-refractivity contribution in [1.82, 2.24) is 0 Å². The Hall–Kier alpha value is -1.53. The molecule has 0 spiro atoms. The van der Waals surface area contributed by atoms with Crippen molar-refractivity contribution < 1.29 is 37.9 Å². The minimum Gasteiger partial charge on any atom is -0.508 e. The topological polar surface area (TPSA) is 103 Å². The molecule has 0 heterocycles. The molecule has 0 amide bonds. The van der Waals surface area contributed by atoms with Crippen molar-refractivity contribution in [2.24, 2.45) is 0 Å². The summed E-state index contributed by atoms with van der Waals surface area (Å²) in [5.41, 5.74) is 2.21. The zero-order valence-electron chi connectivity index (χ0n) is 32.1. The smallest absolute Gasteiger partial charge is 0.118 e. The van der Waals surface area contributed by atoms with Crippen molar-refractivity contribution >= 4 is 0 Å². The standard InChI is InChI=1S/2C22H38O.Co.2H2O/c2*1-2-3-4-5-6-7-8-9-10-11-12-13-14-15-18-21-19-16-17-20-22(21)23;;;/h2*16-17,19-20,23H,2-15,18H2,1H3;;2*1H2. The van der Waals surface area contributed by atoms with Crippen molar-refractivity contribution in [3.63, 3.8) is 0 Å². The second-order valence-electron chi connectivity index (χ2n) is 13.9. The minimum absolute atomic E-state index is 0. The predicted molar refractivity (Wildman–Crippen MR) is 211 cm³/mol. The number of phenolic OH excluding ortho intramolecular Hbond substituents is 2. The van der Waals surface area contributed by atoms with Gasteiger partial charge in [0.15, 0.2) is 0 Å². The number of unbranched alkanes of at least 4 members (excludes halogenated alkanes) is 26. The van der Waals surface area contributed by atoms with Crippen LogP contribution in [0.3, 0.4) is 0 Å². The number of aryl methyl sites for hydroxylation is 2. The average molecular weight is 732 g/mol. The van der Waals surface area contributed by atoms with E-state index >= 15 is 0 Å². The molecule has 49 heavy (non-hydrogen) atoms. The molecule has 0 aliphatic heterocycles. The van der Waals surface area contributed by atoms with Gasteiger partial charge in [0.1, 0.15) is 11.5 Å². The average Bonchev–Trinajstić information content (AvgIpc) is 3.07. The molecule has 0 unspecified atom stereocenters. The van der Waals surface area contributed by atoms with Crippen LogP contribution in [-0.4, -0.2) is 21.2 Å². The van der Waals surface area contributed by atoms with Crippen LogP contribution in [0.5, 0.6) is 11.5 Å². The Morgan fingerprint density at radius 3 is 0.755 bits per heavy atom. The van der Waals surface area contributed by atoms with Crippen molar-refractivity contribution in [2.45, 2.75) is 206 Å². The van der Waals surface area contributed by atoms with Gasteiger partial charge in [-0.15, -0.1) is 0 Å². The second-order valence-corrected chi connectivity index (χ2v) is 13.9. The predicted octanol–water partition coefficient (Wildman–Crippen LogP) is 13.2. The van der Waals surface area contributed by atoms with E-state index in [-0.39, 0.29) is 27.7 Å². The van der Waals surface area contributed by atoms with Gasteiger partial charge in [-0.2, -0.15) is 0 Å². The molecule has 5 heteroatoms. The number of para-hydroxylation sites is 2. The first-order chi connectivity index (χ1) is 22.7. The summed E-state index contributed by atoms with van der Waals surface area (Å²) in [6, 6.07) is 15.5. The van der Waals surface area contributed by atoms with Crippen molar-refractivity contribution in [2.75, 3.05) is 0 Å². The molecule has 0 bridgehead atoms. The number of aromatic hydroxyl groups is 2. The molecule has 2 rings (SSSR count). The first-order valence-corrected chi connectivity index (χ1v) is 20.2. The summed E-state index contributed by atoms with van der Waals surface area (Å²) in [6.45, 7) is 4.57. The van der Waals surface area contributed by atoms with Crippen LogP contribution in [0, 0.1) is 0 Å². The Labute approximate surface area is 314 Å². The van der Waals surface area contributed by atoms with Crippen LogP contribution >= 0.6 is 0 Å². The van der Waals surface area contributed by atoms with E-state index in [2.05, 4.69) is 13.8 Å². The summed E-state index contributed by atoms with van der Waals surface area (Å²) in [7, 11) is 0. The number of rotatable bonds is 30. The van der Waals surface area contributed by atoms with E-state index in [1.165, 1.54) is 180 Å². The van der Waals surface area contributed by atoms with E-state index in [0.717, 1.165) is 24.0 Å². The third-order valence-corrected chi connectivity index (χ3v) is 9.58. The van der Waals surface area contributed by atoms with Gasteiger partial charge in [-0.3, -0.25) is 0 Å². The molecule has 0 aromatic heterocycles. The van der Waals surface area contributed by atoms with Gasteiger partial charge in [-0.25, -0.2) is 0 Å². The molecular formula is C44H80CoO4. The second kappa shape index (κ2) is 40.9. The van der Waals surface area contributed by atoms with Gasteiger partial charge >= 0.3 is 0 Å². The minimum atomic E-state index is 0. The normalized spacial score (nSPS) is 10.3. The fourth-order valence-corrected chi connectivity index (χ4v) is 6.46. The molecule has 1 radical (unpaired) electrons. The van der Waals surface area contributed by atoms with E-state index in [4.69, 9.17) is 0 Å². The monoisotopic (exact) mass is 732 g/mol. The van der Waals surface area contributed by atoms with Crippen molar-refractivity contribution in [3.05, 3.63) is 59.7 Å². The zero-order chi connectivity index (χ0) is 33.2. The van der Waals surface area contributed by atoms with Crippen LogP contribution in [0.4, 0.5) is 0 Å². The summed E-state index contributed by atoms with van der Waals surface area (Å²) in [5.74, 6) is 0.921. The fraction of sp³-hybridized carbons (Fsp3) is 0.727. The van der Waals surface area contributed by atoms with Crippen LogP contribution < -0.4 is 0 Å². The maximum Gasteiger partial charge on any atom is 0.118 e. The maximum absolute atomic E-state index is 9.71.